The maximum absolute atomic E-state index is 9.24. The quantitative estimate of drug-likeness (QED) is 0.836. The zero-order valence-electron chi connectivity index (χ0n) is 10.3. The van der Waals surface area contributed by atoms with Crippen LogP contribution in [0.3, 0.4) is 0 Å². The normalized spacial score (nSPS) is 19.5. The van der Waals surface area contributed by atoms with Crippen molar-refractivity contribution in [3.05, 3.63) is 16.1 Å². The van der Waals surface area contributed by atoms with E-state index in [1.165, 1.54) is 38.5 Å². The van der Waals surface area contributed by atoms with E-state index in [1.807, 2.05) is 12.3 Å². The van der Waals surface area contributed by atoms with Crippen LogP contribution in [0.2, 0.25) is 0 Å². The van der Waals surface area contributed by atoms with E-state index in [4.69, 9.17) is 0 Å². The van der Waals surface area contributed by atoms with E-state index in [-0.39, 0.29) is 6.04 Å². The van der Waals surface area contributed by atoms with Crippen molar-refractivity contribution < 1.29 is 0 Å². The van der Waals surface area contributed by atoms with E-state index in [1.54, 1.807) is 11.3 Å². The number of hydrogen-bond donors (Lipinski definition) is 1. The molecule has 1 N–H and O–H groups in total. The number of nitrogens with one attached hydrogen (secondary N) is 1. The molecule has 0 aliphatic heterocycles. The first-order chi connectivity index (χ1) is 8.29. The molecule has 1 heterocycles. The van der Waals surface area contributed by atoms with Gasteiger partial charge in [0.2, 0.25) is 0 Å². The number of aryl methyl sites for hydroxylation is 1. The Labute approximate surface area is 107 Å². The zero-order chi connectivity index (χ0) is 12.1. The van der Waals surface area contributed by atoms with Gasteiger partial charge in [-0.05, 0) is 19.8 Å². The molecule has 0 saturated heterocycles. The van der Waals surface area contributed by atoms with Crippen LogP contribution >= 0.6 is 11.3 Å². The summed E-state index contributed by atoms with van der Waals surface area (Å²) in [5.41, 5.74) is 1.01. The Morgan fingerprint density at radius 1 is 1.41 bits per heavy atom. The second kappa shape index (κ2) is 6.13. The van der Waals surface area contributed by atoms with Gasteiger partial charge in [-0.15, -0.1) is 11.3 Å². The Morgan fingerprint density at radius 3 is 2.65 bits per heavy atom. The summed E-state index contributed by atoms with van der Waals surface area (Å²) in [4.78, 5) is 4.40. The van der Waals surface area contributed by atoms with Gasteiger partial charge in [-0.25, -0.2) is 4.98 Å². The average Bonchev–Trinajstić information content (AvgIpc) is 2.62. The Bertz CT molecular complexity index is 386. The Hall–Kier alpha value is -0.920. The third-order valence-electron chi connectivity index (χ3n) is 3.27. The summed E-state index contributed by atoms with van der Waals surface area (Å²) in [7, 11) is 0. The van der Waals surface area contributed by atoms with E-state index < -0.39 is 0 Å². The van der Waals surface area contributed by atoms with Crippen LogP contribution in [0.5, 0.6) is 0 Å². The number of rotatable bonds is 3. The predicted octanol–water partition coefficient (Wildman–Crippen LogP) is 3.33. The molecule has 0 spiro atoms. The summed E-state index contributed by atoms with van der Waals surface area (Å²) >= 11 is 1.58. The molecule has 1 aromatic heterocycles. The van der Waals surface area contributed by atoms with Crippen molar-refractivity contribution in [1.29, 1.82) is 5.26 Å². The summed E-state index contributed by atoms with van der Waals surface area (Å²) in [6, 6.07) is 2.60. The lowest BCUT2D eigenvalue weighted by Crippen LogP contribution is -2.31. The molecule has 0 amide bonds. The molecule has 1 saturated carbocycles. The highest BCUT2D eigenvalue weighted by molar-refractivity contribution is 7.09. The Morgan fingerprint density at radius 2 is 2.12 bits per heavy atom. The highest BCUT2D eigenvalue weighted by Gasteiger charge is 2.20. The van der Waals surface area contributed by atoms with E-state index >= 15 is 0 Å². The fourth-order valence-corrected chi connectivity index (χ4v) is 3.15. The minimum Gasteiger partial charge on any atom is -0.293 e. The predicted molar refractivity (Wildman–Crippen MR) is 69.8 cm³/mol. The molecule has 4 heteroatoms. The number of thiazole rings is 1. The lowest BCUT2D eigenvalue weighted by molar-refractivity contribution is 0.436. The van der Waals surface area contributed by atoms with Crippen LogP contribution in [-0.2, 0) is 0 Å². The molecule has 0 bridgehead atoms. The smallest absolute Gasteiger partial charge is 0.148 e. The molecular weight excluding hydrogens is 230 g/mol. The SMILES string of the molecule is Cc1csc(C(C#N)NC2CCCCCC2)n1. The van der Waals surface area contributed by atoms with Crippen molar-refractivity contribution in [2.75, 3.05) is 0 Å². The van der Waals surface area contributed by atoms with Gasteiger partial charge in [0.25, 0.3) is 0 Å². The summed E-state index contributed by atoms with van der Waals surface area (Å²) in [5.74, 6) is 0. The Kier molecular flexibility index (Phi) is 4.52. The van der Waals surface area contributed by atoms with Gasteiger partial charge in [0.05, 0.1) is 6.07 Å². The molecule has 92 valence electrons. The number of aromatic nitrogens is 1. The van der Waals surface area contributed by atoms with Crippen LogP contribution < -0.4 is 5.32 Å². The van der Waals surface area contributed by atoms with Crippen molar-refractivity contribution in [1.82, 2.24) is 10.3 Å². The van der Waals surface area contributed by atoms with E-state index in [9.17, 15) is 5.26 Å². The summed E-state index contributed by atoms with van der Waals surface area (Å²) in [5, 5.41) is 15.6. The van der Waals surface area contributed by atoms with Crippen LogP contribution in [0.25, 0.3) is 0 Å². The highest BCUT2D eigenvalue weighted by Crippen LogP contribution is 2.22. The van der Waals surface area contributed by atoms with Crippen molar-refractivity contribution in [2.24, 2.45) is 0 Å². The molecule has 17 heavy (non-hydrogen) atoms. The van der Waals surface area contributed by atoms with Crippen molar-refractivity contribution in [3.63, 3.8) is 0 Å². The first-order valence-electron chi connectivity index (χ1n) is 6.37. The molecule has 0 aromatic carbocycles. The van der Waals surface area contributed by atoms with Crippen LogP contribution in [0.15, 0.2) is 5.38 Å². The number of nitrogens with zero attached hydrogens (tertiary/aromatic N) is 2. The van der Waals surface area contributed by atoms with E-state index in [2.05, 4.69) is 16.4 Å². The number of hydrogen-bond acceptors (Lipinski definition) is 4. The molecule has 2 rings (SSSR count). The molecule has 1 aliphatic rings. The lowest BCUT2D eigenvalue weighted by atomic mass is 10.1. The van der Waals surface area contributed by atoms with E-state index in [0.717, 1.165) is 10.7 Å². The van der Waals surface area contributed by atoms with Crippen molar-refractivity contribution in [2.45, 2.75) is 57.5 Å². The van der Waals surface area contributed by atoms with Gasteiger partial charge in [-0.2, -0.15) is 5.26 Å². The van der Waals surface area contributed by atoms with Gasteiger partial charge in [0.15, 0.2) is 0 Å². The summed E-state index contributed by atoms with van der Waals surface area (Å²) in [6.45, 7) is 1.97. The molecule has 1 fully saturated rings. The van der Waals surface area contributed by atoms with Crippen LogP contribution in [-0.4, -0.2) is 11.0 Å². The summed E-state index contributed by atoms with van der Waals surface area (Å²) < 4.78 is 0. The average molecular weight is 249 g/mol. The maximum atomic E-state index is 9.24. The van der Waals surface area contributed by atoms with Gasteiger partial charge in [0.1, 0.15) is 11.0 Å². The fourth-order valence-electron chi connectivity index (χ4n) is 2.35. The van der Waals surface area contributed by atoms with Crippen LogP contribution in [0.1, 0.15) is 55.3 Å². The van der Waals surface area contributed by atoms with Gasteiger partial charge >= 0.3 is 0 Å². The van der Waals surface area contributed by atoms with Gasteiger partial charge < -0.3 is 0 Å². The maximum Gasteiger partial charge on any atom is 0.148 e. The third kappa shape index (κ3) is 3.52. The minimum absolute atomic E-state index is 0.225. The van der Waals surface area contributed by atoms with Gasteiger partial charge in [0, 0.05) is 17.1 Å². The van der Waals surface area contributed by atoms with Gasteiger partial charge in [-0.3, -0.25) is 5.32 Å². The molecular formula is C13H19N3S. The molecule has 1 aliphatic carbocycles. The monoisotopic (exact) mass is 249 g/mol. The largest absolute Gasteiger partial charge is 0.293 e. The third-order valence-corrected chi connectivity index (χ3v) is 4.30. The fraction of sp³-hybridized carbons (Fsp3) is 0.692. The second-order valence-electron chi connectivity index (χ2n) is 4.74. The molecule has 3 nitrogen and oxygen atoms in total. The second-order valence-corrected chi connectivity index (χ2v) is 5.63. The lowest BCUT2D eigenvalue weighted by Gasteiger charge is -2.18. The van der Waals surface area contributed by atoms with Crippen LogP contribution in [0, 0.1) is 18.3 Å². The Balaban J connectivity index is 1.97. The topological polar surface area (TPSA) is 48.7 Å². The van der Waals surface area contributed by atoms with Crippen LogP contribution in [0.4, 0.5) is 0 Å². The van der Waals surface area contributed by atoms with E-state index in [0.29, 0.717) is 6.04 Å². The highest BCUT2D eigenvalue weighted by atomic mass is 32.1. The summed E-state index contributed by atoms with van der Waals surface area (Å²) in [6.07, 6.45) is 7.64. The standard InChI is InChI=1S/C13H19N3S/c1-10-9-17-13(15-10)12(8-14)16-11-6-4-2-3-5-7-11/h9,11-12,16H,2-7H2,1H3. The van der Waals surface area contributed by atoms with Gasteiger partial charge in [-0.1, -0.05) is 25.7 Å². The molecule has 1 aromatic rings. The molecule has 1 unspecified atom stereocenters. The zero-order valence-corrected chi connectivity index (χ0v) is 11.1. The van der Waals surface area contributed by atoms with Crippen molar-refractivity contribution in [3.8, 4) is 6.07 Å². The first kappa shape index (κ1) is 12.5. The minimum atomic E-state index is -0.225. The van der Waals surface area contributed by atoms with Crippen molar-refractivity contribution >= 4 is 11.3 Å². The number of nitriles is 1. The molecule has 1 atom stereocenters. The molecule has 0 radical (unpaired) electrons. The first-order valence-corrected chi connectivity index (χ1v) is 7.25.